The molecule has 0 saturated carbocycles. The molecular formula is C86H98N9O9P. The lowest BCUT2D eigenvalue weighted by molar-refractivity contribution is -0.154. The summed E-state index contributed by atoms with van der Waals surface area (Å²) in [5.41, 5.74) is 20.8. The molecule has 0 atom stereocenters. The number of hydrogen-bond acceptors (Lipinski definition) is 17. The van der Waals surface area contributed by atoms with E-state index in [0.29, 0.717) is 49.2 Å². The van der Waals surface area contributed by atoms with Crippen LogP contribution in [0.3, 0.4) is 0 Å². The van der Waals surface area contributed by atoms with Crippen molar-refractivity contribution < 1.29 is 43.3 Å². The molecule has 18 nitrogen and oxygen atoms in total. The lowest BCUT2D eigenvalue weighted by Gasteiger charge is -2.18. The van der Waals surface area contributed by atoms with Gasteiger partial charge >= 0.3 is 17.9 Å². The molecule has 105 heavy (non-hydrogen) atoms. The first-order valence-electron chi connectivity index (χ1n) is 34.6. The summed E-state index contributed by atoms with van der Waals surface area (Å²) >= 11 is 0. The summed E-state index contributed by atoms with van der Waals surface area (Å²) < 4.78 is 14.0. The number of ether oxygens (including phenoxy) is 3. The van der Waals surface area contributed by atoms with E-state index in [4.69, 9.17) is 15.6 Å². The van der Waals surface area contributed by atoms with Gasteiger partial charge in [0.1, 0.15) is 0 Å². The Hall–Kier alpha value is -11.2. The molecule has 546 valence electrons. The fraction of sp³-hybridized carbons (Fsp3) is 0.256. The summed E-state index contributed by atoms with van der Waals surface area (Å²) in [5, 5.41) is 12.8. The van der Waals surface area contributed by atoms with Crippen LogP contribution in [-0.2, 0) is 60.7 Å². The van der Waals surface area contributed by atoms with Gasteiger partial charge in [0.25, 0.3) is 11.8 Å². The van der Waals surface area contributed by atoms with Crippen LogP contribution in [0.4, 0.5) is 0 Å². The Bertz CT molecular complexity index is 4230. The number of aliphatic hydroxyl groups is 1. The first-order chi connectivity index (χ1) is 50.7. The zero-order valence-corrected chi connectivity index (χ0v) is 63.2. The van der Waals surface area contributed by atoms with E-state index in [-0.39, 0.29) is 24.4 Å². The molecule has 0 aliphatic carbocycles. The van der Waals surface area contributed by atoms with Crippen molar-refractivity contribution in [3.63, 3.8) is 0 Å². The van der Waals surface area contributed by atoms with Crippen LogP contribution in [0.25, 0.3) is 0 Å². The Morgan fingerprint density at radius 3 is 1.14 bits per heavy atom. The van der Waals surface area contributed by atoms with E-state index >= 15 is 0 Å². The molecule has 0 bridgehead atoms. The Labute approximate surface area is 620 Å². The van der Waals surface area contributed by atoms with E-state index in [2.05, 4.69) is 167 Å². The summed E-state index contributed by atoms with van der Waals surface area (Å²) in [6.07, 6.45) is 16.0. The van der Waals surface area contributed by atoms with Gasteiger partial charge in [0.15, 0.2) is 5.92 Å². The Balaban J connectivity index is 0.000000220. The molecule has 1 aliphatic heterocycles. The molecule has 19 heteroatoms. The molecule has 0 fully saturated rings. The number of hydrogen-bond donors (Lipinski definition) is 2. The topological polar surface area (TPSA) is 253 Å². The number of esters is 3. The summed E-state index contributed by atoms with van der Waals surface area (Å²) in [7, 11) is 2.01. The van der Waals surface area contributed by atoms with Crippen molar-refractivity contribution in [2.45, 2.75) is 107 Å². The van der Waals surface area contributed by atoms with Crippen LogP contribution in [0.5, 0.6) is 0 Å². The van der Waals surface area contributed by atoms with Crippen LogP contribution in [0.2, 0.25) is 0 Å². The molecule has 1 aliphatic rings. The number of aliphatic hydroxyl groups excluding tert-OH is 1. The summed E-state index contributed by atoms with van der Waals surface area (Å²) in [6, 6.07) is 66.3. The molecule has 0 spiro atoms. The van der Waals surface area contributed by atoms with Gasteiger partial charge < -0.3 is 25.1 Å². The highest BCUT2D eigenvalue weighted by molar-refractivity contribution is 7.79. The average molecular weight is 1430 g/mol. The Morgan fingerprint density at radius 1 is 0.438 bits per heavy atom. The second kappa shape index (κ2) is 47.2. The number of amides is 2. The van der Waals surface area contributed by atoms with Gasteiger partial charge in [-0.3, -0.25) is 63.8 Å². The average Bonchev–Trinajstić information content (AvgIpc) is 1.66. The quantitative estimate of drug-likeness (QED) is 0.0282. The van der Waals surface area contributed by atoms with Gasteiger partial charge in [-0.05, 0) is 254 Å². The highest BCUT2D eigenvalue weighted by atomic mass is 31.1. The molecule has 4 aromatic carbocycles. The molecule has 0 unspecified atom stereocenters. The molecule has 2 amide bonds. The summed E-state index contributed by atoms with van der Waals surface area (Å²) in [4.78, 5) is 88.2. The van der Waals surface area contributed by atoms with E-state index in [0.717, 1.165) is 75.8 Å². The number of carbonyl (C=O) groups is 5. The normalized spacial score (nSPS) is 10.6. The van der Waals surface area contributed by atoms with Crippen molar-refractivity contribution >= 4 is 53.6 Å². The monoisotopic (exact) mass is 1430 g/mol. The van der Waals surface area contributed by atoms with Gasteiger partial charge in [-0.1, -0.05) is 110 Å². The predicted octanol–water partition coefficient (Wildman–Crippen LogP) is 13.5. The van der Waals surface area contributed by atoms with Gasteiger partial charge in [0.2, 0.25) is 0 Å². The number of aromatic nitrogens is 7. The maximum absolute atomic E-state index is 12.2. The van der Waals surface area contributed by atoms with E-state index in [1.807, 2.05) is 115 Å². The van der Waals surface area contributed by atoms with Gasteiger partial charge in [-0.25, -0.2) is 0 Å². The van der Waals surface area contributed by atoms with Gasteiger partial charge in [0, 0.05) is 96.4 Å². The van der Waals surface area contributed by atoms with Crippen LogP contribution in [0, 0.1) is 55.4 Å². The highest BCUT2D eigenvalue weighted by Crippen LogP contribution is 2.32. The minimum atomic E-state index is -1.04. The lowest BCUT2D eigenvalue weighted by atomic mass is 10.00. The third-order valence-corrected chi connectivity index (χ3v) is 17.9. The van der Waals surface area contributed by atoms with Crippen molar-refractivity contribution in [3.8, 4) is 0 Å². The number of rotatable bonds is 17. The van der Waals surface area contributed by atoms with Gasteiger partial charge in [-0.15, -0.1) is 0 Å². The van der Waals surface area contributed by atoms with Crippen LogP contribution < -0.4 is 21.6 Å². The maximum atomic E-state index is 12.2. The van der Waals surface area contributed by atoms with Gasteiger partial charge in [0.05, 0.1) is 38.4 Å². The maximum Gasteiger partial charge on any atom is 0.324 e. The van der Waals surface area contributed by atoms with Crippen LogP contribution in [0.1, 0.15) is 119 Å². The zero-order chi connectivity index (χ0) is 76.3. The number of methoxy groups -OCH3 is 2. The summed E-state index contributed by atoms with van der Waals surface area (Å²) in [6.45, 7) is 21.3. The van der Waals surface area contributed by atoms with E-state index in [1.165, 1.54) is 57.9 Å². The van der Waals surface area contributed by atoms with E-state index in [9.17, 15) is 24.0 Å². The number of aryl methyl sites for hydroxylation is 9. The molecule has 7 aromatic heterocycles. The molecule has 0 saturated heterocycles. The van der Waals surface area contributed by atoms with Crippen LogP contribution >= 0.6 is 7.92 Å². The van der Waals surface area contributed by atoms with Crippen LogP contribution in [-0.4, -0.2) is 115 Å². The van der Waals surface area contributed by atoms with Crippen LogP contribution in [0.15, 0.2) is 244 Å². The number of pyridine rings is 7. The molecular weight excluding hydrogens is 1330 g/mol. The van der Waals surface area contributed by atoms with Gasteiger partial charge in [-0.2, -0.15) is 0 Å². The first kappa shape index (κ1) is 84.5. The fourth-order valence-corrected chi connectivity index (χ4v) is 12.7. The number of benzene rings is 4. The second-order valence-electron chi connectivity index (χ2n) is 24.0. The van der Waals surface area contributed by atoms with Crippen molar-refractivity contribution in [3.05, 3.63) is 333 Å². The van der Waals surface area contributed by atoms with Crippen molar-refractivity contribution in [1.82, 2.24) is 39.8 Å². The number of nitrogens with zero attached hydrogens (tertiary/aromatic N) is 8. The van der Waals surface area contributed by atoms with E-state index < -0.39 is 25.8 Å². The highest BCUT2D eigenvalue weighted by Gasteiger charge is 2.35. The predicted molar refractivity (Wildman–Crippen MR) is 418 cm³/mol. The molecule has 11 aromatic rings. The third kappa shape index (κ3) is 30.7. The van der Waals surface area contributed by atoms with Crippen molar-refractivity contribution in [1.29, 1.82) is 0 Å². The lowest BCUT2D eigenvalue weighted by Crippen LogP contribution is -2.31. The molecule has 8 heterocycles. The third-order valence-electron chi connectivity index (χ3n) is 15.4. The molecule has 12 rings (SSSR count). The van der Waals surface area contributed by atoms with Crippen molar-refractivity contribution in [2.75, 3.05) is 40.5 Å². The molecule has 3 N–H and O–H groups in total. The largest absolute Gasteiger partial charge is 0.468 e. The minimum Gasteiger partial charge on any atom is -0.468 e. The summed E-state index contributed by atoms with van der Waals surface area (Å²) in [5.74, 6) is -2.91. The molecule has 0 radical (unpaired) electrons. The Morgan fingerprint density at radius 2 is 0.790 bits per heavy atom. The Kier molecular flexibility index (Phi) is 37.9. The number of nitrogens with two attached hydrogens (primary N) is 1. The van der Waals surface area contributed by atoms with Crippen molar-refractivity contribution in [2.24, 2.45) is 5.73 Å². The standard InChI is InChI=1S/C18H15P.C16H14N2O2.C11H13NO4.C10H13NO2.C8H12N2.C8H11NO.C8H11N.C7H9N/c1-4-10-16(11-5-1)19(17-12-6-2-7-13-17)18-14-8-3-9-15-18;1-11-10-12(6-8-17-11)7-9-18-15(19)13-4-2-3-5-14(13)16(18)20;1-7-6-8(4-5-12-7)9(10(13)15-2)11(14)16-3;1-3-13-10(12)7-9-4-5-11-8(2)6-9;1-7-6-8(2-4-9)3-5-10-7;1-7-6-8(3-5-10)2-4-9-7;1-3-8-4-5-9-7(2)6-8;1-6-3-4-8-7(2)5-6/h1-15H;2-6,8,10H,7,9H2,1H3;4-6,9H,1-3H3;4-6H,3,7H2,1-2H3;3,5-6H,2,4,9H2,1H3;2,4,6,10H,3,5H2,1H3;4-6H,3H2,1-2H3;3-5H,1-2H3. The first-order valence-corrected chi connectivity index (χ1v) is 36.0. The number of fused-ring (bicyclic) bond motifs is 1. The SMILES string of the molecule is CCOC(=O)Cc1ccnc(C)c1.CCc1ccnc(C)c1.COC(=O)C(C(=O)OC)c1ccnc(C)c1.Cc1cc(CCN)ccn1.Cc1cc(CCN2C(=O)c3ccccc3C2=O)ccn1.Cc1cc(CCO)ccn1.Cc1ccnc(C)c1.c1ccc(P(c2ccccc2)c2ccccc2)cc1. The van der Waals surface area contributed by atoms with E-state index in [1.54, 1.807) is 68.8 Å². The number of carbonyl (C=O) groups excluding carboxylic acids is 5. The smallest absolute Gasteiger partial charge is 0.324 e. The zero-order valence-electron chi connectivity index (χ0n) is 62.4. The second-order valence-corrected chi connectivity index (χ2v) is 26.2. The fourth-order valence-electron chi connectivity index (χ4n) is 10.4. The minimum absolute atomic E-state index is 0.187. The number of imide groups is 1.